The van der Waals surface area contributed by atoms with Gasteiger partial charge in [-0.3, -0.25) is 42.1 Å². The van der Waals surface area contributed by atoms with Crippen LogP contribution >= 0.6 is 0 Å². The molecule has 14 nitrogen and oxygen atoms in total. The van der Waals surface area contributed by atoms with Crippen LogP contribution in [0, 0.1) is 0 Å². The smallest absolute Gasteiger partial charge is 1.00 e. The average Bonchev–Trinajstić information content (AvgIpc) is 2.99. The monoisotopic (exact) mass is 549 g/mol. The predicted molar refractivity (Wildman–Crippen MR) is 79.7 cm³/mol. The quantitative estimate of drug-likeness (QED) is 0.101. The van der Waals surface area contributed by atoms with Gasteiger partial charge in [-0.25, -0.2) is 10.9 Å². The number of halogens is 3. The molecule has 3 rings (SSSR count). The maximum absolute atomic E-state index is 11.8. The number of nitrogens with zero attached hydrogens (tertiary/aromatic N) is 3. The van der Waals surface area contributed by atoms with Crippen molar-refractivity contribution >= 4 is 17.1 Å². The van der Waals surface area contributed by atoms with Gasteiger partial charge in [-0.05, 0) is 0 Å². The summed E-state index contributed by atoms with van der Waals surface area (Å²) in [6.07, 6.45) is -0.0509. The second kappa shape index (κ2) is 9.42. The van der Waals surface area contributed by atoms with Crippen molar-refractivity contribution in [3.05, 3.63) is 16.7 Å². The molecule has 0 aliphatic carbocycles. The van der Waals surface area contributed by atoms with Gasteiger partial charge in [0.05, 0.1) is 6.33 Å². The number of rotatable bonds is 3. The summed E-state index contributed by atoms with van der Waals surface area (Å²) < 4.78 is 6.84. The number of imidazole rings is 1. The molecule has 0 aromatic carbocycles. The van der Waals surface area contributed by atoms with Gasteiger partial charge in [0.15, 0.2) is 16.9 Å². The topological polar surface area (TPSA) is 258 Å². The zero-order chi connectivity index (χ0) is 17.9. The number of aromatic nitrogens is 4. The zero-order valence-electron chi connectivity index (χ0n) is 13.8. The van der Waals surface area contributed by atoms with E-state index in [9.17, 15) is 9.90 Å². The van der Waals surface area contributed by atoms with Crippen molar-refractivity contribution in [1.82, 2.24) is 19.5 Å². The van der Waals surface area contributed by atoms with Crippen LogP contribution in [0.15, 0.2) is 11.1 Å². The summed E-state index contributed by atoms with van der Waals surface area (Å²) >= 11 is 0. The molecule has 2 aromatic heterocycles. The zero-order valence-corrected chi connectivity index (χ0v) is 17.8. The maximum Gasteiger partial charge on any atom is 3.00 e. The third-order valence-electron chi connectivity index (χ3n) is 3.99. The molecule has 18 heteroatoms. The number of H-pyrrole nitrogens is 1. The fourth-order valence-electron chi connectivity index (χ4n) is 2.60. The molecule has 1 aliphatic rings. The Balaban J connectivity index is 0. The van der Waals surface area contributed by atoms with Crippen molar-refractivity contribution in [2.45, 2.75) is 29.9 Å². The normalized spacial score (nSPS) is 26.6. The van der Waals surface area contributed by atoms with E-state index < -0.39 is 29.1 Å². The van der Waals surface area contributed by atoms with E-state index >= 15 is 0 Å². The second-order valence-electron chi connectivity index (χ2n) is 5.62. The van der Waals surface area contributed by atoms with E-state index in [-0.39, 0.29) is 80.2 Å². The summed E-state index contributed by atoms with van der Waals surface area (Å²) in [5, 5.41) is 10.4. The molecule has 0 spiro atoms. The van der Waals surface area contributed by atoms with E-state index in [0.29, 0.717) is 0 Å². The summed E-state index contributed by atoms with van der Waals surface area (Å²) in [6, 6.07) is 0. The number of ether oxygens (including phenoxy) is 1. The van der Waals surface area contributed by atoms with Gasteiger partial charge in [0.2, 0.25) is 17.5 Å². The Morgan fingerprint density at radius 1 is 1.36 bits per heavy atom. The molecule has 0 unspecified atom stereocenters. The number of nitrogen functional groups attached to an aromatic ring is 1. The molecular weight excluding hydrogens is 532 g/mol. The number of aromatic amines is 1. The van der Waals surface area contributed by atoms with Crippen LogP contribution in [0.25, 0.3) is 11.2 Å². The van der Waals surface area contributed by atoms with Crippen molar-refractivity contribution < 1.29 is 71.4 Å². The van der Waals surface area contributed by atoms with Crippen molar-refractivity contribution in [2.75, 3.05) is 5.73 Å². The van der Waals surface area contributed by atoms with Crippen molar-refractivity contribution in [3.8, 4) is 0 Å². The Hall–Kier alpha value is -0.677. The van der Waals surface area contributed by atoms with E-state index in [1.54, 1.807) is 0 Å². The van der Waals surface area contributed by atoms with Gasteiger partial charge in [-0.15, -0.1) is 0 Å². The Bertz CT molecular complexity index is 864. The van der Waals surface area contributed by atoms with E-state index in [1.165, 1.54) is 10.9 Å². The standard InChI is InChI=1S/C10H18N10O4.3ClH.Ru/c11-7-18-5-4(6(21)19-7)17-2-20(5)3-1-8(12,22)9(13,23-3)10(14,15)24-16;;;;/h2-3,22H,1,12-16H2,(H3,11,18,19,21);3*1H;/q;;;;+3/p-3/t3-,8+,9+;;;;/m1..../s1. The Labute approximate surface area is 189 Å². The van der Waals surface area contributed by atoms with Crippen LogP contribution in [-0.2, 0) is 29.1 Å². The van der Waals surface area contributed by atoms with Crippen LogP contribution in [0.2, 0.25) is 0 Å². The number of nitrogens with two attached hydrogens (primary N) is 6. The fourth-order valence-corrected chi connectivity index (χ4v) is 2.60. The summed E-state index contributed by atoms with van der Waals surface area (Å²) in [7, 11) is 0. The molecule has 0 saturated carbocycles. The van der Waals surface area contributed by atoms with Crippen LogP contribution in [-0.4, -0.2) is 41.9 Å². The molecule has 3 heterocycles. The molecule has 0 amide bonds. The summed E-state index contributed by atoms with van der Waals surface area (Å²) in [6.45, 7) is 0. The molecule has 1 aliphatic heterocycles. The molecule has 1 radical (unpaired) electrons. The minimum atomic E-state index is -2.31. The second-order valence-corrected chi connectivity index (χ2v) is 5.62. The number of aliphatic hydroxyl groups is 1. The minimum absolute atomic E-state index is 0. The van der Waals surface area contributed by atoms with E-state index in [1.807, 2.05) is 0 Å². The van der Waals surface area contributed by atoms with Gasteiger partial charge >= 0.3 is 19.5 Å². The van der Waals surface area contributed by atoms with Crippen LogP contribution < -0.4 is 77.3 Å². The Kier molecular flexibility index (Phi) is 9.94. The minimum Gasteiger partial charge on any atom is -1.00 e. The molecule has 3 atom stereocenters. The number of hydrogen-bond donors (Lipinski definition) is 8. The van der Waals surface area contributed by atoms with Crippen LogP contribution in [0.4, 0.5) is 5.95 Å². The third-order valence-corrected chi connectivity index (χ3v) is 3.99. The largest absolute Gasteiger partial charge is 3.00 e. The summed E-state index contributed by atoms with van der Waals surface area (Å²) in [5.74, 6) is 2.57. The van der Waals surface area contributed by atoms with Crippen LogP contribution in [0.3, 0.4) is 0 Å². The Morgan fingerprint density at radius 3 is 2.46 bits per heavy atom. The Morgan fingerprint density at radius 2 is 1.93 bits per heavy atom. The summed E-state index contributed by atoms with van der Waals surface area (Å²) in [5.41, 5.74) is 23.6. The number of hydrogen-bond acceptors (Lipinski definition) is 12. The first-order valence-electron chi connectivity index (χ1n) is 6.68. The summed E-state index contributed by atoms with van der Waals surface area (Å²) in [4.78, 5) is 26.4. The molecule has 14 N–H and O–H groups in total. The number of fused-ring (bicyclic) bond motifs is 1. The maximum atomic E-state index is 11.8. The van der Waals surface area contributed by atoms with Gasteiger partial charge < -0.3 is 52.8 Å². The molecule has 0 bridgehead atoms. The molecule has 1 fully saturated rings. The molecule has 1 saturated heterocycles. The van der Waals surface area contributed by atoms with Crippen molar-refractivity contribution in [3.63, 3.8) is 0 Å². The number of anilines is 1. The molecule has 2 aromatic rings. The molecular formula is C10H18Cl3N10O4Ru. The van der Waals surface area contributed by atoms with Crippen LogP contribution in [0.5, 0.6) is 0 Å². The number of nitrogens with one attached hydrogen (secondary N) is 1. The fraction of sp³-hybridized carbons (Fsp3) is 0.500. The van der Waals surface area contributed by atoms with Gasteiger partial charge in [-0.2, -0.15) is 4.98 Å². The first-order chi connectivity index (χ1) is 11.0. The first kappa shape index (κ1) is 29.5. The van der Waals surface area contributed by atoms with Crippen molar-refractivity contribution in [2.24, 2.45) is 28.8 Å². The van der Waals surface area contributed by atoms with Gasteiger partial charge in [0, 0.05) is 6.42 Å². The predicted octanol–water partition coefficient (Wildman–Crippen LogP) is -13.6. The van der Waals surface area contributed by atoms with Crippen LogP contribution in [0.1, 0.15) is 12.6 Å². The van der Waals surface area contributed by atoms with E-state index in [0.717, 1.165) is 0 Å². The molecule has 28 heavy (non-hydrogen) atoms. The van der Waals surface area contributed by atoms with Crippen molar-refractivity contribution in [1.29, 1.82) is 0 Å². The average molecular weight is 550 g/mol. The van der Waals surface area contributed by atoms with Gasteiger partial charge in [0.1, 0.15) is 6.23 Å². The van der Waals surface area contributed by atoms with Gasteiger partial charge in [-0.1, -0.05) is 0 Å². The van der Waals surface area contributed by atoms with E-state index in [4.69, 9.17) is 39.3 Å². The molecule has 161 valence electrons. The SMILES string of the molecule is NOC(N)(N)[C@@]1(N)O[C@@H](n2cnc3c(=O)[nH]c(N)nc32)C[C@]1(N)O.[Cl-].[Cl-].[Cl-].[Ru+3]. The van der Waals surface area contributed by atoms with Gasteiger partial charge in [0.25, 0.3) is 5.56 Å². The van der Waals surface area contributed by atoms with E-state index in [2.05, 4.69) is 19.8 Å². The first-order valence-corrected chi connectivity index (χ1v) is 6.68. The third kappa shape index (κ3) is 4.26.